The smallest absolute Gasteiger partial charge is 0.195 e. The average Bonchev–Trinajstić information content (AvgIpc) is 2.46. The molecule has 2 rings (SSSR count). The summed E-state index contributed by atoms with van der Waals surface area (Å²) in [7, 11) is 0. The maximum absolute atomic E-state index is 13.7. The highest BCUT2D eigenvalue weighted by Gasteiger charge is 2.14. The van der Waals surface area contributed by atoms with Crippen LogP contribution in [0.15, 0.2) is 36.4 Å². The van der Waals surface area contributed by atoms with Gasteiger partial charge in [0.25, 0.3) is 0 Å². The minimum Gasteiger partial charge on any atom is -0.330 e. The highest BCUT2D eigenvalue weighted by molar-refractivity contribution is 5.64. The summed E-state index contributed by atoms with van der Waals surface area (Å²) in [4.78, 5) is 0. The lowest BCUT2D eigenvalue weighted by Gasteiger charge is -2.11. The fraction of sp³-hybridized carbons (Fsp3) is 0.294. The second-order valence-electron chi connectivity index (χ2n) is 5.31. The molecule has 0 aliphatic carbocycles. The summed E-state index contributed by atoms with van der Waals surface area (Å²) in [6, 6.07) is 9.39. The van der Waals surface area contributed by atoms with Crippen LogP contribution in [0, 0.1) is 23.4 Å². The van der Waals surface area contributed by atoms with Crippen LogP contribution in [0.2, 0.25) is 0 Å². The van der Waals surface area contributed by atoms with E-state index >= 15 is 0 Å². The van der Waals surface area contributed by atoms with E-state index in [0.717, 1.165) is 24.5 Å². The minimum absolute atomic E-state index is 0.0652. The van der Waals surface area contributed by atoms with Crippen LogP contribution in [0.3, 0.4) is 0 Å². The van der Waals surface area contributed by atoms with Gasteiger partial charge in [0.15, 0.2) is 17.5 Å². The van der Waals surface area contributed by atoms with Crippen molar-refractivity contribution in [3.05, 3.63) is 59.4 Å². The number of rotatable bonds is 5. The van der Waals surface area contributed by atoms with Gasteiger partial charge in [-0.05, 0) is 48.6 Å². The van der Waals surface area contributed by atoms with Crippen LogP contribution in [-0.2, 0) is 6.42 Å². The summed E-state index contributed by atoms with van der Waals surface area (Å²) < 4.78 is 39.9. The lowest BCUT2D eigenvalue weighted by Crippen LogP contribution is -2.07. The molecule has 0 aliphatic rings. The predicted octanol–water partition coefficient (Wildman–Crippen LogP) is 4.30. The molecular weight excluding hydrogens is 275 g/mol. The maximum atomic E-state index is 13.7. The molecule has 0 saturated heterocycles. The Morgan fingerprint density at radius 3 is 2.24 bits per heavy atom. The Balaban J connectivity index is 2.21. The van der Waals surface area contributed by atoms with E-state index in [-0.39, 0.29) is 5.56 Å². The third-order valence-corrected chi connectivity index (χ3v) is 3.54. The zero-order valence-corrected chi connectivity index (χ0v) is 11.9. The first-order chi connectivity index (χ1) is 10.0. The van der Waals surface area contributed by atoms with Gasteiger partial charge >= 0.3 is 0 Å². The normalized spacial score (nSPS) is 12.4. The van der Waals surface area contributed by atoms with Gasteiger partial charge in [0.05, 0.1) is 0 Å². The third kappa shape index (κ3) is 3.64. The first kappa shape index (κ1) is 15.6. The SMILES string of the molecule is CC(CCN)Cc1ccc(-c2ccc(F)c(F)c2F)cc1. The fourth-order valence-electron chi connectivity index (χ4n) is 2.36. The van der Waals surface area contributed by atoms with Crippen LogP contribution < -0.4 is 5.73 Å². The second kappa shape index (κ2) is 6.76. The number of hydrogen-bond acceptors (Lipinski definition) is 1. The van der Waals surface area contributed by atoms with Gasteiger partial charge in [-0.2, -0.15) is 0 Å². The second-order valence-corrected chi connectivity index (χ2v) is 5.31. The van der Waals surface area contributed by atoms with Crippen molar-refractivity contribution in [2.45, 2.75) is 19.8 Å². The number of nitrogens with two attached hydrogens (primary N) is 1. The van der Waals surface area contributed by atoms with Crippen LogP contribution in [0.25, 0.3) is 11.1 Å². The van der Waals surface area contributed by atoms with Crippen molar-refractivity contribution in [2.24, 2.45) is 11.7 Å². The summed E-state index contributed by atoms with van der Waals surface area (Å²) in [5, 5.41) is 0. The highest BCUT2D eigenvalue weighted by atomic mass is 19.2. The monoisotopic (exact) mass is 293 g/mol. The Labute approximate surface area is 122 Å². The van der Waals surface area contributed by atoms with E-state index in [1.54, 1.807) is 12.1 Å². The fourth-order valence-corrected chi connectivity index (χ4v) is 2.36. The molecular formula is C17H18F3N. The van der Waals surface area contributed by atoms with Crippen LogP contribution in [0.1, 0.15) is 18.9 Å². The van der Waals surface area contributed by atoms with Crippen molar-refractivity contribution in [1.82, 2.24) is 0 Å². The van der Waals surface area contributed by atoms with E-state index in [1.807, 2.05) is 12.1 Å². The molecule has 112 valence electrons. The molecule has 0 heterocycles. The zero-order chi connectivity index (χ0) is 15.4. The Kier molecular flexibility index (Phi) is 5.02. The zero-order valence-electron chi connectivity index (χ0n) is 11.9. The molecule has 0 radical (unpaired) electrons. The molecule has 1 atom stereocenters. The maximum Gasteiger partial charge on any atom is 0.195 e. The predicted molar refractivity (Wildman–Crippen MR) is 78.3 cm³/mol. The molecule has 0 amide bonds. The molecule has 4 heteroatoms. The van der Waals surface area contributed by atoms with Gasteiger partial charge in [0.1, 0.15) is 0 Å². The number of hydrogen-bond donors (Lipinski definition) is 1. The van der Waals surface area contributed by atoms with Crippen molar-refractivity contribution in [3.63, 3.8) is 0 Å². The lowest BCUT2D eigenvalue weighted by molar-refractivity contribution is 0.449. The van der Waals surface area contributed by atoms with Crippen molar-refractivity contribution >= 4 is 0 Å². The van der Waals surface area contributed by atoms with E-state index in [1.165, 1.54) is 6.07 Å². The van der Waals surface area contributed by atoms with Gasteiger partial charge in [0, 0.05) is 5.56 Å². The first-order valence-electron chi connectivity index (χ1n) is 6.95. The topological polar surface area (TPSA) is 26.0 Å². The van der Waals surface area contributed by atoms with E-state index < -0.39 is 17.5 Å². The molecule has 1 unspecified atom stereocenters. The Bertz CT molecular complexity index is 608. The number of halogens is 3. The van der Waals surface area contributed by atoms with Gasteiger partial charge in [0.2, 0.25) is 0 Å². The van der Waals surface area contributed by atoms with Gasteiger partial charge in [-0.15, -0.1) is 0 Å². The molecule has 0 saturated carbocycles. The standard InChI is InChI=1S/C17H18F3N/c1-11(8-9-21)10-12-2-4-13(5-3-12)14-6-7-15(18)17(20)16(14)19/h2-7,11H,8-10,21H2,1H3. The van der Waals surface area contributed by atoms with Crippen LogP contribution in [0.4, 0.5) is 13.2 Å². The van der Waals surface area contributed by atoms with Crippen LogP contribution >= 0.6 is 0 Å². The summed E-state index contributed by atoms with van der Waals surface area (Å²) in [5.74, 6) is -3.29. The van der Waals surface area contributed by atoms with E-state index in [9.17, 15) is 13.2 Å². The van der Waals surface area contributed by atoms with Crippen molar-refractivity contribution < 1.29 is 13.2 Å². The lowest BCUT2D eigenvalue weighted by atomic mass is 9.96. The van der Waals surface area contributed by atoms with Gasteiger partial charge in [-0.25, -0.2) is 13.2 Å². The molecule has 0 bridgehead atoms. The molecule has 1 nitrogen and oxygen atoms in total. The van der Waals surface area contributed by atoms with Crippen LogP contribution in [0.5, 0.6) is 0 Å². The summed E-state index contributed by atoms with van der Waals surface area (Å²) in [5.41, 5.74) is 7.23. The quantitative estimate of drug-likeness (QED) is 0.817. The van der Waals surface area contributed by atoms with Crippen molar-refractivity contribution in [2.75, 3.05) is 6.54 Å². The van der Waals surface area contributed by atoms with Gasteiger partial charge in [-0.1, -0.05) is 31.2 Å². The molecule has 21 heavy (non-hydrogen) atoms. The Morgan fingerprint density at radius 1 is 0.952 bits per heavy atom. The van der Waals surface area contributed by atoms with Crippen LogP contribution in [-0.4, -0.2) is 6.54 Å². The Hall–Kier alpha value is -1.81. The summed E-state index contributed by atoms with van der Waals surface area (Å²) in [6.45, 7) is 2.77. The Morgan fingerprint density at radius 2 is 1.62 bits per heavy atom. The molecule has 2 aromatic carbocycles. The number of benzene rings is 2. The summed E-state index contributed by atoms with van der Waals surface area (Å²) in [6.07, 6.45) is 1.83. The van der Waals surface area contributed by atoms with E-state index in [0.29, 0.717) is 18.0 Å². The van der Waals surface area contributed by atoms with E-state index in [4.69, 9.17) is 5.73 Å². The van der Waals surface area contributed by atoms with Crippen molar-refractivity contribution in [3.8, 4) is 11.1 Å². The molecule has 2 aromatic rings. The first-order valence-corrected chi connectivity index (χ1v) is 6.95. The average molecular weight is 293 g/mol. The van der Waals surface area contributed by atoms with Gasteiger partial charge in [-0.3, -0.25) is 0 Å². The molecule has 0 aliphatic heterocycles. The molecule has 0 aromatic heterocycles. The molecule has 2 N–H and O–H groups in total. The third-order valence-electron chi connectivity index (χ3n) is 3.54. The van der Waals surface area contributed by atoms with Gasteiger partial charge < -0.3 is 5.73 Å². The molecule has 0 fully saturated rings. The summed E-state index contributed by atoms with van der Waals surface area (Å²) >= 11 is 0. The molecule has 0 spiro atoms. The highest BCUT2D eigenvalue weighted by Crippen LogP contribution is 2.26. The van der Waals surface area contributed by atoms with Crippen molar-refractivity contribution in [1.29, 1.82) is 0 Å². The van der Waals surface area contributed by atoms with E-state index in [2.05, 4.69) is 6.92 Å². The largest absolute Gasteiger partial charge is 0.330 e. The minimum atomic E-state index is -1.44.